The number of piperazine rings is 1. The van der Waals surface area contributed by atoms with Gasteiger partial charge in [-0.3, -0.25) is 4.90 Å². The third-order valence-electron chi connectivity index (χ3n) is 3.90. The van der Waals surface area contributed by atoms with E-state index in [1.807, 2.05) is 36.4 Å². The Labute approximate surface area is 136 Å². The molecule has 0 aliphatic carbocycles. The number of benzene rings is 1. The summed E-state index contributed by atoms with van der Waals surface area (Å²) in [4.78, 5) is 2.48. The average Bonchev–Trinajstić information content (AvgIpc) is 3.02. The molecule has 22 heavy (non-hydrogen) atoms. The first-order valence-electron chi connectivity index (χ1n) is 7.80. The molecule has 2 N–H and O–H groups in total. The lowest BCUT2D eigenvalue weighted by Crippen LogP contribution is -2.45. The van der Waals surface area contributed by atoms with Gasteiger partial charge in [-0.25, -0.2) is 0 Å². The quantitative estimate of drug-likeness (QED) is 0.803. The van der Waals surface area contributed by atoms with Crippen molar-refractivity contribution in [2.24, 2.45) is 0 Å². The monoisotopic (exact) mass is 319 g/mol. The maximum absolute atomic E-state index is 5.90. The molecule has 1 saturated heterocycles. The summed E-state index contributed by atoms with van der Waals surface area (Å²) < 4.78 is 5.87. The van der Waals surface area contributed by atoms with E-state index in [2.05, 4.69) is 15.5 Å². The molecule has 2 aromatic rings. The van der Waals surface area contributed by atoms with Crippen molar-refractivity contribution >= 4 is 11.6 Å². The molecule has 4 nitrogen and oxygen atoms in total. The Bertz CT molecular complexity index is 576. The number of rotatable bonds is 6. The zero-order valence-electron chi connectivity index (χ0n) is 12.6. The van der Waals surface area contributed by atoms with E-state index in [1.165, 1.54) is 0 Å². The molecule has 118 valence electrons. The highest BCUT2D eigenvalue weighted by molar-refractivity contribution is 6.30. The van der Waals surface area contributed by atoms with Gasteiger partial charge in [-0.15, -0.1) is 0 Å². The van der Waals surface area contributed by atoms with E-state index in [0.717, 1.165) is 67.9 Å². The second kappa shape index (κ2) is 7.79. The van der Waals surface area contributed by atoms with Crippen LogP contribution in [-0.2, 0) is 6.54 Å². The summed E-state index contributed by atoms with van der Waals surface area (Å²) in [7, 11) is 0. The molecule has 0 radical (unpaired) electrons. The Morgan fingerprint density at radius 3 is 2.64 bits per heavy atom. The van der Waals surface area contributed by atoms with Gasteiger partial charge in [-0.1, -0.05) is 11.6 Å². The molecule has 0 saturated carbocycles. The molecule has 0 amide bonds. The van der Waals surface area contributed by atoms with Crippen molar-refractivity contribution in [1.82, 2.24) is 15.5 Å². The average molecular weight is 320 g/mol. The van der Waals surface area contributed by atoms with Crippen LogP contribution < -0.4 is 10.6 Å². The zero-order valence-corrected chi connectivity index (χ0v) is 13.4. The molecule has 1 fully saturated rings. The van der Waals surface area contributed by atoms with Gasteiger partial charge in [-0.2, -0.15) is 0 Å². The van der Waals surface area contributed by atoms with Crippen LogP contribution in [0.2, 0.25) is 5.02 Å². The number of nitrogens with zero attached hydrogens (tertiary/aromatic N) is 1. The van der Waals surface area contributed by atoms with Crippen LogP contribution in [0.15, 0.2) is 40.8 Å². The summed E-state index contributed by atoms with van der Waals surface area (Å²) in [6.07, 6.45) is 0. The van der Waals surface area contributed by atoms with Gasteiger partial charge in [-0.05, 0) is 36.4 Å². The van der Waals surface area contributed by atoms with Crippen molar-refractivity contribution in [3.05, 3.63) is 47.2 Å². The fourth-order valence-corrected chi connectivity index (χ4v) is 2.75. The number of nitrogens with one attached hydrogen (secondary N) is 2. The van der Waals surface area contributed by atoms with Crippen molar-refractivity contribution in [3.8, 4) is 11.3 Å². The van der Waals surface area contributed by atoms with Gasteiger partial charge in [0, 0.05) is 49.9 Å². The van der Waals surface area contributed by atoms with E-state index < -0.39 is 0 Å². The van der Waals surface area contributed by atoms with Crippen LogP contribution in [0.3, 0.4) is 0 Å². The minimum absolute atomic E-state index is 0.741. The maximum Gasteiger partial charge on any atom is 0.134 e. The van der Waals surface area contributed by atoms with E-state index >= 15 is 0 Å². The van der Waals surface area contributed by atoms with Gasteiger partial charge in [0.25, 0.3) is 0 Å². The van der Waals surface area contributed by atoms with Crippen LogP contribution in [0.4, 0.5) is 0 Å². The van der Waals surface area contributed by atoms with Crippen molar-refractivity contribution in [1.29, 1.82) is 0 Å². The highest BCUT2D eigenvalue weighted by atomic mass is 35.5. The highest BCUT2D eigenvalue weighted by Crippen LogP contribution is 2.23. The summed E-state index contributed by atoms with van der Waals surface area (Å²) in [6, 6.07) is 11.7. The molecule has 0 unspecified atom stereocenters. The van der Waals surface area contributed by atoms with Crippen molar-refractivity contribution in [3.63, 3.8) is 0 Å². The van der Waals surface area contributed by atoms with E-state index in [1.54, 1.807) is 0 Å². The molecule has 0 bridgehead atoms. The Hall–Kier alpha value is -1.33. The minimum atomic E-state index is 0.741. The SMILES string of the molecule is Clc1ccc(-c2ccc(CNCCN3CCNCC3)o2)cc1. The second-order valence-electron chi connectivity index (χ2n) is 5.54. The Morgan fingerprint density at radius 2 is 1.86 bits per heavy atom. The lowest BCUT2D eigenvalue weighted by atomic mass is 10.2. The number of hydrogen-bond acceptors (Lipinski definition) is 4. The lowest BCUT2D eigenvalue weighted by molar-refractivity contribution is 0.240. The number of hydrogen-bond donors (Lipinski definition) is 2. The van der Waals surface area contributed by atoms with Crippen LogP contribution in [0.1, 0.15) is 5.76 Å². The Kier molecular flexibility index (Phi) is 5.51. The van der Waals surface area contributed by atoms with E-state index in [0.29, 0.717) is 0 Å². The third kappa shape index (κ3) is 4.34. The summed E-state index contributed by atoms with van der Waals surface area (Å²) in [5.41, 5.74) is 1.05. The van der Waals surface area contributed by atoms with Crippen LogP contribution in [0.5, 0.6) is 0 Å². The van der Waals surface area contributed by atoms with Crippen molar-refractivity contribution < 1.29 is 4.42 Å². The predicted octanol–water partition coefficient (Wildman–Crippen LogP) is 2.59. The second-order valence-corrected chi connectivity index (χ2v) is 5.98. The highest BCUT2D eigenvalue weighted by Gasteiger charge is 2.09. The molecule has 1 aromatic carbocycles. The predicted molar refractivity (Wildman–Crippen MR) is 90.2 cm³/mol. The fraction of sp³-hybridized carbons (Fsp3) is 0.412. The topological polar surface area (TPSA) is 40.4 Å². The Balaban J connectivity index is 1.44. The molecule has 3 rings (SSSR count). The van der Waals surface area contributed by atoms with Crippen molar-refractivity contribution in [2.75, 3.05) is 39.3 Å². The van der Waals surface area contributed by atoms with Crippen LogP contribution in [0, 0.1) is 0 Å². The summed E-state index contributed by atoms with van der Waals surface area (Å²) in [6.45, 7) is 7.32. The first-order chi connectivity index (χ1) is 10.8. The molecule has 1 aliphatic heterocycles. The first-order valence-corrected chi connectivity index (χ1v) is 8.17. The molecule has 2 heterocycles. The van der Waals surface area contributed by atoms with Crippen LogP contribution in [-0.4, -0.2) is 44.2 Å². The normalized spacial score (nSPS) is 16.0. The smallest absolute Gasteiger partial charge is 0.134 e. The van der Waals surface area contributed by atoms with Gasteiger partial charge in [0.1, 0.15) is 11.5 Å². The van der Waals surface area contributed by atoms with Crippen LogP contribution in [0.25, 0.3) is 11.3 Å². The van der Waals surface area contributed by atoms with Gasteiger partial charge >= 0.3 is 0 Å². The van der Waals surface area contributed by atoms with Gasteiger partial charge in [0.05, 0.1) is 6.54 Å². The number of furan rings is 1. The third-order valence-corrected chi connectivity index (χ3v) is 4.16. The fourth-order valence-electron chi connectivity index (χ4n) is 2.63. The molecule has 0 spiro atoms. The summed E-state index contributed by atoms with van der Waals surface area (Å²) in [5, 5.41) is 7.55. The van der Waals surface area contributed by atoms with Gasteiger partial charge < -0.3 is 15.1 Å². The maximum atomic E-state index is 5.90. The molecule has 1 aromatic heterocycles. The van der Waals surface area contributed by atoms with Crippen molar-refractivity contribution in [2.45, 2.75) is 6.54 Å². The molecule has 0 atom stereocenters. The van der Waals surface area contributed by atoms with Gasteiger partial charge in [0.2, 0.25) is 0 Å². The van der Waals surface area contributed by atoms with E-state index in [4.69, 9.17) is 16.0 Å². The van der Waals surface area contributed by atoms with E-state index in [-0.39, 0.29) is 0 Å². The molecular weight excluding hydrogens is 298 g/mol. The van der Waals surface area contributed by atoms with E-state index in [9.17, 15) is 0 Å². The first kappa shape index (κ1) is 15.6. The summed E-state index contributed by atoms with van der Waals surface area (Å²) >= 11 is 5.90. The molecule has 5 heteroatoms. The molecule has 1 aliphatic rings. The summed E-state index contributed by atoms with van der Waals surface area (Å²) in [5.74, 6) is 1.85. The zero-order chi connectivity index (χ0) is 15.2. The number of halogens is 1. The lowest BCUT2D eigenvalue weighted by Gasteiger charge is -2.27. The minimum Gasteiger partial charge on any atom is -0.460 e. The largest absolute Gasteiger partial charge is 0.460 e. The van der Waals surface area contributed by atoms with Crippen LogP contribution >= 0.6 is 11.6 Å². The molecular formula is C17H22ClN3O. The Morgan fingerprint density at radius 1 is 1.09 bits per heavy atom. The standard InChI is InChI=1S/C17H22ClN3O/c18-15-3-1-14(2-4-15)17-6-5-16(22-17)13-20-9-12-21-10-7-19-8-11-21/h1-6,19-20H,7-13H2. The van der Waals surface area contributed by atoms with Gasteiger partial charge in [0.15, 0.2) is 0 Å².